The molecule has 118 valence electrons. The zero-order chi connectivity index (χ0) is 16.9. The Kier molecular flexibility index (Phi) is 4.38. The molecule has 0 saturated carbocycles. The van der Waals surface area contributed by atoms with E-state index in [4.69, 9.17) is 0 Å². The Balaban J connectivity index is 1.88. The lowest BCUT2D eigenvalue weighted by atomic mass is 10.1. The topological polar surface area (TPSA) is 70.2 Å². The van der Waals surface area contributed by atoms with Gasteiger partial charge in [-0.15, -0.1) is 0 Å². The number of aromatic amines is 1. The first-order valence-corrected chi connectivity index (χ1v) is 7.45. The zero-order valence-electron chi connectivity index (χ0n) is 12.8. The molecular weight excluding hydrogens is 302 g/mol. The van der Waals surface area contributed by atoms with Crippen LogP contribution in [-0.4, -0.2) is 15.9 Å². The minimum absolute atomic E-state index is 0.252. The van der Waals surface area contributed by atoms with Gasteiger partial charge in [0.15, 0.2) is 5.78 Å². The smallest absolute Gasteiger partial charge is 0.263 e. The maximum atomic E-state index is 12.2. The Bertz CT molecular complexity index is 998. The molecule has 0 fully saturated rings. The summed E-state index contributed by atoms with van der Waals surface area (Å²) in [4.78, 5) is 26.9. The maximum absolute atomic E-state index is 12.2. The first-order chi connectivity index (χ1) is 11.7. The summed E-state index contributed by atoms with van der Waals surface area (Å²) in [7, 11) is 0. The molecule has 24 heavy (non-hydrogen) atoms. The van der Waals surface area contributed by atoms with E-state index in [1.807, 2.05) is 36.4 Å². The first kappa shape index (κ1) is 15.5. The van der Waals surface area contributed by atoms with Gasteiger partial charge in [0.05, 0.1) is 5.52 Å². The van der Waals surface area contributed by atoms with Crippen LogP contribution in [0.15, 0.2) is 77.6 Å². The Morgan fingerprint density at radius 2 is 1.67 bits per heavy atom. The largest absolute Gasteiger partial charge is 0.506 e. The third-order valence-corrected chi connectivity index (χ3v) is 3.59. The average Bonchev–Trinajstić information content (AvgIpc) is 2.60. The van der Waals surface area contributed by atoms with Crippen LogP contribution in [0.2, 0.25) is 0 Å². The molecule has 0 aliphatic heterocycles. The number of para-hydroxylation sites is 1. The van der Waals surface area contributed by atoms with Gasteiger partial charge in [-0.05, 0) is 23.8 Å². The highest BCUT2D eigenvalue weighted by atomic mass is 16.3. The lowest BCUT2D eigenvalue weighted by Crippen LogP contribution is -2.16. The molecule has 4 nitrogen and oxygen atoms in total. The lowest BCUT2D eigenvalue weighted by Gasteiger charge is -2.04. The van der Waals surface area contributed by atoms with E-state index in [1.54, 1.807) is 36.4 Å². The first-order valence-electron chi connectivity index (χ1n) is 7.45. The lowest BCUT2D eigenvalue weighted by molar-refractivity contribution is 0.104. The number of ketones is 1. The van der Waals surface area contributed by atoms with Crippen molar-refractivity contribution in [3.8, 4) is 5.75 Å². The van der Waals surface area contributed by atoms with E-state index in [2.05, 4.69) is 4.98 Å². The summed E-state index contributed by atoms with van der Waals surface area (Å²) in [6.07, 6.45) is 6.36. The molecule has 3 rings (SSSR count). The molecule has 0 saturated heterocycles. The van der Waals surface area contributed by atoms with Crippen LogP contribution in [0, 0.1) is 0 Å². The summed E-state index contributed by atoms with van der Waals surface area (Å²) < 4.78 is 0. The molecule has 0 aliphatic rings. The Labute approximate surface area is 138 Å². The van der Waals surface area contributed by atoms with E-state index < -0.39 is 11.3 Å². The number of carbonyl (C=O) groups excluding carboxylic acids is 1. The number of rotatable bonds is 4. The van der Waals surface area contributed by atoms with E-state index in [0.717, 1.165) is 5.56 Å². The van der Waals surface area contributed by atoms with Crippen molar-refractivity contribution in [1.29, 1.82) is 0 Å². The molecule has 2 aromatic carbocycles. The van der Waals surface area contributed by atoms with Gasteiger partial charge >= 0.3 is 0 Å². The highest BCUT2D eigenvalue weighted by molar-refractivity contribution is 6.09. The van der Waals surface area contributed by atoms with E-state index in [1.165, 1.54) is 6.08 Å². The molecule has 0 amide bonds. The second-order valence-corrected chi connectivity index (χ2v) is 5.22. The Morgan fingerprint density at radius 3 is 2.46 bits per heavy atom. The molecule has 0 bridgehead atoms. The van der Waals surface area contributed by atoms with E-state index in [0.29, 0.717) is 10.9 Å². The molecule has 1 aromatic heterocycles. The summed E-state index contributed by atoms with van der Waals surface area (Å²) in [5.41, 5.74) is 0.636. The SMILES string of the molecule is O=C(/C=C/C=C/c1ccccc1)c1c(O)c2ccccc2[nH]c1=O. The summed E-state index contributed by atoms with van der Waals surface area (Å²) in [5, 5.41) is 10.7. The molecule has 3 aromatic rings. The molecule has 0 spiro atoms. The number of hydrogen-bond donors (Lipinski definition) is 2. The van der Waals surface area contributed by atoms with Gasteiger partial charge in [0, 0.05) is 5.39 Å². The number of benzene rings is 2. The monoisotopic (exact) mass is 317 g/mol. The fraction of sp³-hybridized carbons (Fsp3) is 0. The molecule has 0 atom stereocenters. The Morgan fingerprint density at radius 1 is 0.958 bits per heavy atom. The van der Waals surface area contributed by atoms with Gasteiger partial charge in [-0.2, -0.15) is 0 Å². The number of H-pyrrole nitrogens is 1. The standard InChI is InChI=1S/C20H15NO3/c22-17(13-7-4-10-14-8-2-1-3-9-14)18-19(23)15-11-5-6-12-16(15)21-20(18)24/h1-13H,(H2,21,23,24)/b10-4+,13-7+. The zero-order valence-corrected chi connectivity index (χ0v) is 12.8. The molecule has 2 N–H and O–H groups in total. The number of nitrogens with one attached hydrogen (secondary N) is 1. The van der Waals surface area contributed by atoms with Crippen LogP contribution in [0.4, 0.5) is 0 Å². The van der Waals surface area contributed by atoms with Gasteiger partial charge in [0.1, 0.15) is 11.3 Å². The van der Waals surface area contributed by atoms with Gasteiger partial charge < -0.3 is 10.1 Å². The van der Waals surface area contributed by atoms with Crippen molar-refractivity contribution >= 4 is 22.8 Å². The van der Waals surface area contributed by atoms with Gasteiger partial charge in [0.2, 0.25) is 0 Å². The van der Waals surface area contributed by atoms with Crippen molar-refractivity contribution in [2.24, 2.45) is 0 Å². The van der Waals surface area contributed by atoms with Crippen LogP contribution in [0.3, 0.4) is 0 Å². The summed E-state index contributed by atoms with van der Waals surface area (Å²) in [5.74, 6) is -0.840. The predicted octanol–water partition coefficient (Wildman–Crippen LogP) is 3.69. The van der Waals surface area contributed by atoms with Gasteiger partial charge in [-0.25, -0.2) is 0 Å². The molecule has 1 heterocycles. The van der Waals surface area contributed by atoms with E-state index in [-0.39, 0.29) is 11.3 Å². The fourth-order valence-corrected chi connectivity index (χ4v) is 2.41. The summed E-state index contributed by atoms with van der Waals surface area (Å²) in [6, 6.07) is 16.4. The minimum Gasteiger partial charge on any atom is -0.506 e. The predicted molar refractivity (Wildman–Crippen MR) is 95.2 cm³/mol. The van der Waals surface area contributed by atoms with Crippen LogP contribution in [0.25, 0.3) is 17.0 Å². The minimum atomic E-state index is -0.604. The van der Waals surface area contributed by atoms with Crippen molar-refractivity contribution in [3.63, 3.8) is 0 Å². The Hall–Kier alpha value is -3.40. The van der Waals surface area contributed by atoms with Crippen LogP contribution < -0.4 is 5.56 Å². The van der Waals surface area contributed by atoms with E-state index >= 15 is 0 Å². The third-order valence-electron chi connectivity index (χ3n) is 3.59. The number of hydrogen-bond acceptors (Lipinski definition) is 3. The quantitative estimate of drug-likeness (QED) is 0.438. The summed E-state index contributed by atoms with van der Waals surface area (Å²) in [6.45, 7) is 0. The summed E-state index contributed by atoms with van der Waals surface area (Å²) >= 11 is 0. The van der Waals surface area contributed by atoms with Crippen molar-refractivity contribution in [1.82, 2.24) is 4.98 Å². The number of carbonyl (C=O) groups is 1. The maximum Gasteiger partial charge on any atom is 0.263 e. The van der Waals surface area contributed by atoms with Crippen molar-refractivity contribution in [2.45, 2.75) is 0 Å². The van der Waals surface area contributed by atoms with Crippen LogP contribution in [-0.2, 0) is 0 Å². The highest BCUT2D eigenvalue weighted by Crippen LogP contribution is 2.24. The van der Waals surface area contributed by atoms with Crippen molar-refractivity contribution < 1.29 is 9.90 Å². The number of pyridine rings is 1. The fourth-order valence-electron chi connectivity index (χ4n) is 2.41. The molecule has 0 unspecified atom stereocenters. The third kappa shape index (κ3) is 3.17. The molecule has 0 aliphatic carbocycles. The average molecular weight is 317 g/mol. The van der Waals surface area contributed by atoms with Gasteiger partial charge in [-0.1, -0.05) is 60.7 Å². The van der Waals surface area contributed by atoms with Gasteiger partial charge in [-0.3, -0.25) is 9.59 Å². The normalized spacial score (nSPS) is 11.5. The van der Waals surface area contributed by atoms with Crippen molar-refractivity contribution in [2.75, 3.05) is 0 Å². The van der Waals surface area contributed by atoms with Crippen LogP contribution >= 0.6 is 0 Å². The van der Waals surface area contributed by atoms with Crippen LogP contribution in [0.1, 0.15) is 15.9 Å². The second-order valence-electron chi connectivity index (χ2n) is 5.22. The molecule has 4 heteroatoms. The number of aromatic nitrogens is 1. The van der Waals surface area contributed by atoms with Crippen molar-refractivity contribution in [3.05, 3.63) is 94.3 Å². The number of aromatic hydroxyl groups is 1. The molecule has 0 radical (unpaired) electrons. The van der Waals surface area contributed by atoms with Gasteiger partial charge in [0.25, 0.3) is 5.56 Å². The van der Waals surface area contributed by atoms with E-state index in [9.17, 15) is 14.7 Å². The number of fused-ring (bicyclic) bond motifs is 1. The van der Waals surface area contributed by atoms with Crippen LogP contribution in [0.5, 0.6) is 5.75 Å². The second kappa shape index (κ2) is 6.79. The highest BCUT2D eigenvalue weighted by Gasteiger charge is 2.16. The number of allylic oxidation sites excluding steroid dienone is 3. The molecular formula is C20H15NO3.